The van der Waals surface area contributed by atoms with Crippen LogP contribution in [0.1, 0.15) is 0 Å². The molecule has 0 bridgehead atoms. The van der Waals surface area contributed by atoms with Gasteiger partial charge in [-0.05, 0) is 34.7 Å². The van der Waals surface area contributed by atoms with E-state index in [1.807, 2.05) is 30.3 Å². The first kappa shape index (κ1) is 9.02. The highest BCUT2D eigenvalue weighted by atomic mass is 127. The number of nitrogens with zero attached hydrogens (tertiary/aromatic N) is 1. The minimum atomic E-state index is 0.459. The van der Waals surface area contributed by atoms with Crippen LogP contribution < -0.4 is 4.29 Å². The molecule has 2 nitrogen and oxygen atoms in total. The normalized spacial score (nSPS) is 10.3. The van der Waals surface area contributed by atoms with Gasteiger partial charge >= 0.3 is 0 Å². The van der Waals surface area contributed by atoms with Crippen LogP contribution in [0.5, 0.6) is 5.88 Å². The van der Waals surface area contributed by atoms with E-state index in [-0.39, 0.29) is 0 Å². The van der Waals surface area contributed by atoms with Gasteiger partial charge in [-0.25, -0.2) is 4.98 Å². The van der Waals surface area contributed by atoms with E-state index in [1.165, 1.54) is 0 Å². The maximum absolute atomic E-state index is 5.27. The summed E-state index contributed by atoms with van der Waals surface area (Å²) in [6.07, 6.45) is 0. The van der Waals surface area contributed by atoms with E-state index in [4.69, 9.17) is 11.9 Å². The van der Waals surface area contributed by atoms with Gasteiger partial charge in [0, 0.05) is 5.39 Å². The molecule has 1 heterocycles. The smallest absolute Gasteiger partial charge is 0.250 e. The zero-order chi connectivity index (χ0) is 9.26. The van der Waals surface area contributed by atoms with Gasteiger partial charge in [-0.1, -0.05) is 18.2 Å². The number of aromatic nitrogens is 1. The third-order valence-electron chi connectivity index (χ3n) is 1.72. The first-order valence-corrected chi connectivity index (χ1v) is 5.04. The molecule has 2 aromatic rings. The van der Waals surface area contributed by atoms with Crippen molar-refractivity contribution in [3.63, 3.8) is 0 Å². The molecule has 0 aliphatic heterocycles. The van der Waals surface area contributed by atoms with Gasteiger partial charge in [0.15, 0.2) is 0 Å². The van der Waals surface area contributed by atoms with Crippen LogP contribution in [0.15, 0.2) is 30.3 Å². The Hall–Kier alpha value is -0.550. The average Bonchev–Trinajstić information content (AvgIpc) is 2.17. The van der Waals surface area contributed by atoms with E-state index in [9.17, 15) is 0 Å². The molecule has 0 fully saturated rings. The molecule has 0 N–H and O–H groups in total. The average molecular weight is 306 g/mol. The van der Waals surface area contributed by atoms with Crippen molar-refractivity contribution in [1.29, 1.82) is 0 Å². The van der Waals surface area contributed by atoms with E-state index in [0.717, 1.165) is 14.5 Å². The Morgan fingerprint density at radius 2 is 2.08 bits per heavy atom. The number of rotatable bonds is 1. The molecule has 1 aromatic carbocycles. The van der Waals surface area contributed by atoms with Crippen LogP contribution in [-0.4, -0.2) is 4.98 Å². The lowest BCUT2D eigenvalue weighted by atomic mass is 10.2. The minimum absolute atomic E-state index is 0.459. The first-order valence-electron chi connectivity index (χ1n) is 3.65. The summed E-state index contributed by atoms with van der Waals surface area (Å²) in [6.45, 7) is 0. The number of para-hydroxylation sites is 1. The number of benzene rings is 1. The Balaban J connectivity index is 2.74. The molecule has 0 saturated carbocycles. The van der Waals surface area contributed by atoms with Gasteiger partial charge in [0.05, 0.1) is 9.09 Å². The molecule has 1 aromatic heterocycles. The van der Waals surface area contributed by atoms with Crippen molar-refractivity contribution >= 4 is 45.4 Å². The summed E-state index contributed by atoms with van der Waals surface area (Å²) < 4.78 is 5.52. The Kier molecular flexibility index (Phi) is 2.55. The second kappa shape index (κ2) is 3.67. The Morgan fingerprint density at radius 3 is 2.85 bits per heavy atom. The van der Waals surface area contributed by atoms with E-state index in [2.05, 4.69) is 31.9 Å². The number of halogens is 2. The van der Waals surface area contributed by atoms with Gasteiger partial charge in [0.25, 0.3) is 5.88 Å². The van der Waals surface area contributed by atoms with Crippen molar-refractivity contribution in [2.75, 3.05) is 0 Å². The van der Waals surface area contributed by atoms with Crippen LogP contribution in [-0.2, 0) is 0 Å². The molecule has 0 saturated heterocycles. The molecule has 2 rings (SSSR count). The number of hydrogen-bond acceptors (Lipinski definition) is 2. The maximum atomic E-state index is 5.27. The summed E-state index contributed by atoms with van der Waals surface area (Å²) in [4.78, 5) is 4.23. The lowest BCUT2D eigenvalue weighted by Gasteiger charge is -2.01. The zero-order valence-electron chi connectivity index (χ0n) is 6.50. The van der Waals surface area contributed by atoms with Gasteiger partial charge in [0.1, 0.15) is 11.9 Å². The van der Waals surface area contributed by atoms with Crippen molar-refractivity contribution < 1.29 is 4.29 Å². The third-order valence-corrected chi connectivity index (χ3v) is 2.64. The number of fused-ring (bicyclic) bond motifs is 1. The molecule has 0 atom stereocenters. The van der Waals surface area contributed by atoms with Crippen molar-refractivity contribution in [1.82, 2.24) is 4.98 Å². The largest absolute Gasteiger partial charge is 0.364 e. The second-order valence-electron chi connectivity index (χ2n) is 2.55. The minimum Gasteiger partial charge on any atom is -0.364 e. The Bertz CT molecular complexity index is 447. The summed E-state index contributed by atoms with van der Waals surface area (Å²) in [5.74, 6) is 0.459. The second-order valence-corrected chi connectivity index (χ2v) is 3.86. The van der Waals surface area contributed by atoms with Crippen LogP contribution in [0.3, 0.4) is 0 Å². The molecule has 66 valence electrons. The van der Waals surface area contributed by atoms with Crippen LogP contribution in [0.4, 0.5) is 0 Å². The summed E-state index contributed by atoms with van der Waals surface area (Å²) >= 11 is 7.40. The molecule has 0 aliphatic carbocycles. The molecular formula is C9H5ClINO. The van der Waals surface area contributed by atoms with Gasteiger partial charge in [0.2, 0.25) is 0 Å². The predicted molar refractivity (Wildman–Crippen MR) is 60.9 cm³/mol. The van der Waals surface area contributed by atoms with E-state index in [1.54, 1.807) is 0 Å². The van der Waals surface area contributed by atoms with Crippen molar-refractivity contribution in [3.05, 3.63) is 33.9 Å². The van der Waals surface area contributed by atoms with Gasteiger partial charge in [-0.2, -0.15) is 0 Å². The summed E-state index contributed by atoms with van der Waals surface area (Å²) in [6, 6.07) is 9.81. The van der Waals surface area contributed by atoms with Crippen LogP contribution in [0, 0.1) is 3.57 Å². The molecule has 13 heavy (non-hydrogen) atoms. The molecular weight excluding hydrogens is 300 g/mol. The van der Waals surface area contributed by atoms with Gasteiger partial charge in [-0.3, -0.25) is 0 Å². The van der Waals surface area contributed by atoms with Crippen molar-refractivity contribution in [2.45, 2.75) is 0 Å². The quantitative estimate of drug-likeness (QED) is 0.754. The lowest BCUT2D eigenvalue weighted by Crippen LogP contribution is -1.87. The summed E-state index contributed by atoms with van der Waals surface area (Å²) in [7, 11) is 0. The Labute approximate surface area is 94.2 Å². The fraction of sp³-hybridized carbons (Fsp3) is 0. The fourth-order valence-electron chi connectivity index (χ4n) is 1.13. The topological polar surface area (TPSA) is 22.1 Å². The SMILES string of the molecule is ClOc1nc2ccccc2cc1I. The molecule has 0 unspecified atom stereocenters. The molecule has 0 spiro atoms. The Morgan fingerprint density at radius 1 is 1.31 bits per heavy atom. The monoisotopic (exact) mass is 305 g/mol. The number of hydrogen-bond donors (Lipinski definition) is 0. The van der Waals surface area contributed by atoms with Gasteiger partial charge < -0.3 is 4.29 Å². The molecule has 0 aliphatic rings. The highest BCUT2D eigenvalue weighted by molar-refractivity contribution is 14.1. The first-order chi connectivity index (χ1) is 6.31. The maximum Gasteiger partial charge on any atom is 0.250 e. The lowest BCUT2D eigenvalue weighted by molar-refractivity contribution is 0.589. The summed E-state index contributed by atoms with van der Waals surface area (Å²) in [5, 5.41) is 1.09. The molecule has 0 amide bonds. The van der Waals surface area contributed by atoms with Crippen LogP contribution in [0.2, 0.25) is 0 Å². The molecule has 4 heteroatoms. The highest BCUT2D eigenvalue weighted by Gasteiger charge is 2.04. The molecule has 0 radical (unpaired) electrons. The highest BCUT2D eigenvalue weighted by Crippen LogP contribution is 2.24. The third kappa shape index (κ3) is 1.71. The van der Waals surface area contributed by atoms with Crippen molar-refractivity contribution in [3.8, 4) is 5.88 Å². The summed E-state index contributed by atoms with van der Waals surface area (Å²) in [5.41, 5.74) is 0.888. The van der Waals surface area contributed by atoms with Gasteiger partial charge in [-0.15, -0.1) is 0 Å². The van der Waals surface area contributed by atoms with E-state index < -0.39 is 0 Å². The predicted octanol–water partition coefficient (Wildman–Crippen LogP) is 3.37. The van der Waals surface area contributed by atoms with Crippen molar-refractivity contribution in [2.24, 2.45) is 0 Å². The van der Waals surface area contributed by atoms with E-state index >= 15 is 0 Å². The zero-order valence-corrected chi connectivity index (χ0v) is 9.41. The number of pyridine rings is 1. The van der Waals surface area contributed by atoms with Crippen LogP contribution >= 0.6 is 34.5 Å². The van der Waals surface area contributed by atoms with E-state index in [0.29, 0.717) is 5.88 Å². The van der Waals surface area contributed by atoms with Crippen LogP contribution in [0.25, 0.3) is 10.9 Å². The fourth-order valence-corrected chi connectivity index (χ4v) is 1.94. The standard InChI is InChI=1S/C9H5ClINO/c10-13-9-7(11)5-6-3-1-2-4-8(6)12-9/h1-5H.